The third kappa shape index (κ3) is 3.56. The lowest BCUT2D eigenvalue weighted by Crippen LogP contribution is -2.07. The number of aromatic nitrogens is 2. The summed E-state index contributed by atoms with van der Waals surface area (Å²) >= 11 is 3.35. The molecule has 1 N–H and O–H groups in total. The molecular formula is C13H12BrN3O. The van der Waals surface area contributed by atoms with Crippen LogP contribution in [0.25, 0.3) is 6.08 Å². The van der Waals surface area contributed by atoms with Crippen molar-refractivity contribution < 1.29 is 4.79 Å². The lowest BCUT2D eigenvalue weighted by molar-refractivity contribution is -0.111. The average molecular weight is 306 g/mol. The Morgan fingerprint density at radius 3 is 3.00 bits per heavy atom. The van der Waals surface area contributed by atoms with Gasteiger partial charge in [0.05, 0.1) is 6.20 Å². The number of halogens is 1. The van der Waals surface area contributed by atoms with Gasteiger partial charge in [-0.2, -0.15) is 5.10 Å². The van der Waals surface area contributed by atoms with Gasteiger partial charge in [-0.1, -0.05) is 22.0 Å². The quantitative estimate of drug-likeness (QED) is 0.886. The molecule has 0 saturated carbocycles. The zero-order valence-corrected chi connectivity index (χ0v) is 11.4. The first-order valence-corrected chi connectivity index (χ1v) is 6.16. The Balaban J connectivity index is 1.98. The van der Waals surface area contributed by atoms with Gasteiger partial charge in [-0.25, -0.2) is 0 Å². The van der Waals surface area contributed by atoms with E-state index in [1.165, 1.54) is 6.08 Å². The van der Waals surface area contributed by atoms with Gasteiger partial charge in [-0.15, -0.1) is 0 Å². The fraction of sp³-hybridized carbons (Fsp3) is 0.0769. The van der Waals surface area contributed by atoms with Gasteiger partial charge in [0.15, 0.2) is 0 Å². The van der Waals surface area contributed by atoms with E-state index in [2.05, 4.69) is 26.3 Å². The summed E-state index contributed by atoms with van der Waals surface area (Å²) in [6.07, 6.45) is 6.74. The van der Waals surface area contributed by atoms with Gasteiger partial charge in [0, 0.05) is 35.0 Å². The minimum Gasteiger partial charge on any atom is -0.322 e. The molecule has 92 valence electrons. The molecule has 0 aliphatic heterocycles. The number of hydrogen-bond donors (Lipinski definition) is 1. The number of benzene rings is 1. The van der Waals surface area contributed by atoms with Crippen molar-refractivity contribution >= 4 is 33.6 Å². The van der Waals surface area contributed by atoms with Crippen LogP contribution in [-0.4, -0.2) is 15.7 Å². The molecule has 1 heterocycles. The van der Waals surface area contributed by atoms with E-state index in [4.69, 9.17) is 0 Å². The Morgan fingerprint density at radius 2 is 2.33 bits per heavy atom. The lowest BCUT2D eigenvalue weighted by atomic mass is 10.3. The van der Waals surface area contributed by atoms with Gasteiger partial charge in [0.25, 0.3) is 0 Å². The minimum atomic E-state index is -0.169. The molecule has 2 rings (SSSR count). The molecule has 0 spiro atoms. The summed E-state index contributed by atoms with van der Waals surface area (Å²) in [6, 6.07) is 7.45. The third-order valence-corrected chi connectivity index (χ3v) is 2.74. The summed E-state index contributed by atoms with van der Waals surface area (Å²) in [4.78, 5) is 11.7. The second-order valence-electron chi connectivity index (χ2n) is 3.78. The average Bonchev–Trinajstić information content (AvgIpc) is 2.73. The van der Waals surface area contributed by atoms with Gasteiger partial charge in [0.1, 0.15) is 0 Å². The molecule has 18 heavy (non-hydrogen) atoms. The molecule has 0 bridgehead atoms. The minimum absolute atomic E-state index is 0.169. The number of nitrogens with zero attached hydrogens (tertiary/aromatic N) is 2. The van der Waals surface area contributed by atoms with Crippen molar-refractivity contribution in [3.63, 3.8) is 0 Å². The molecule has 0 atom stereocenters. The van der Waals surface area contributed by atoms with Crippen LogP contribution < -0.4 is 5.32 Å². The molecule has 4 nitrogen and oxygen atoms in total. The van der Waals surface area contributed by atoms with Crippen molar-refractivity contribution in [2.45, 2.75) is 0 Å². The molecule has 0 unspecified atom stereocenters. The second kappa shape index (κ2) is 5.64. The highest BCUT2D eigenvalue weighted by Crippen LogP contribution is 2.15. The third-order valence-electron chi connectivity index (χ3n) is 2.24. The predicted octanol–water partition coefficient (Wildman–Crippen LogP) is 2.83. The van der Waals surface area contributed by atoms with E-state index >= 15 is 0 Å². The number of amides is 1. The predicted molar refractivity (Wildman–Crippen MR) is 75.0 cm³/mol. The van der Waals surface area contributed by atoms with Crippen LogP contribution in [0.5, 0.6) is 0 Å². The van der Waals surface area contributed by atoms with Gasteiger partial charge in [-0.05, 0) is 24.3 Å². The molecule has 0 saturated heterocycles. The molecule has 1 aromatic carbocycles. The first-order valence-electron chi connectivity index (χ1n) is 5.37. The Labute approximate surface area is 113 Å². The van der Waals surface area contributed by atoms with E-state index in [0.29, 0.717) is 0 Å². The van der Waals surface area contributed by atoms with Crippen molar-refractivity contribution in [1.82, 2.24) is 9.78 Å². The summed E-state index contributed by atoms with van der Waals surface area (Å²) in [7, 11) is 1.83. The molecule has 2 aromatic rings. The molecule has 0 aliphatic carbocycles. The maximum absolute atomic E-state index is 11.7. The maximum atomic E-state index is 11.7. The fourth-order valence-electron chi connectivity index (χ4n) is 1.45. The maximum Gasteiger partial charge on any atom is 0.248 e. The SMILES string of the molecule is Cn1cc(/C=C/C(=O)Nc2cccc(Br)c2)cn1. The number of carbonyl (C=O) groups excluding carboxylic acids is 1. The molecule has 0 aliphatic rings. The topological polar surface area (TPSA) is 46.9 Å². The van der Waals surface area contributed by atoms with Crippen molar-refractivity contribution in [3.05, 3.63) is 52.8 Å². The number of rotatable bonds is 3. The van der Waals surface area contributed by atoms with Gasteiger partial charge in [-0.3, -0.25) is 9.48 Å². The number of aryl methyl sites for hydroxylation is 1. The number of hydrogen-bond acceptors (Lipinski definition) is 2. The van der Waals surface area contributed by atoms with Crippen LogP contribution in [0.4, 0.5) is 5.69 Å². The van der Waals surface area contributed by atoms with Gasteiger partial charge in [0.2, 0.25) is 5.91 Å². The molecule has 1 amide bonds. The number of nitrogens with one attached hydrogen (secondary N) is 1. The zero-order valence-electron chi connectivity index (χ0n) is 9.80. The number of anilines is 1. The molecule has 1 aromatic heterocycles. The van der Waals surface area contributed by atoms with E-state index in [0.717, 1.165) is 15.7 Å². The van der Waals surface area contributed by atoms with Crippen LogP contribution in [0.2, 0.25) is 0 Å². The van der Waals surface area contributed by atoms with Crippen LogP contribution in [-0.2, 0) is 11.8 Å². The highest BCUT2D eigenvalue weighted by molar-refractivity contribution is 9.10. The zero-order chi connectivity index (χ0) is 13.0. The van der Waals surface area contributed by atoms with Gasteiger partial charge >= 0.3 is 0 Å². The summed E-state index contributed by atoms with van der Waals surface area (Å²) in [5, 5.41) is 6.79. The van der Waals surface area contributed by atoms with E-state index in [9.17, 15) is 4.79 Å². The van der Waals surface area contributed by atoms with Crippen LogP contribution in [0.15, 0.2) is 47.2 Å². The molecule has 0 fully saturated rings. The van der Waals surface area contributed by atoms with Crippen LogP contribution in [0.3, 0.4) is 0 Å². The Morgan fingerprint density at radius 1 is 1.50 bits per heavy atom. The normalized spacial score (nSPS) is 10.8. The molecule has 0 radical (unpaired) electrons. The number of carbonyl (C=O) groups is 1. The van der Waals surface area contributed by atoms with Crippen molar-refractivity contribution in [1.29, 1.82) is 0 Å². The highest BCUT2D eigenvalue weighted by atomic mass is 79.9. The second-order valence-corrected chi connectivity index (χ2v) is 4.70. The first kappa shape index (κ1) is 12.6. The fourth-order valence-corrected chi connectivity index (χ4v) is 1.85. The van der Waals surface area contributed by atoms with E-state index in [1.807, 2.05) is 37.5 Å². The van der Waals surface area contributed by atoms with Crippen molar-refractivity contribution in [2.75, 3.05) is 5.32 Å². The molecule has 5 heteroatoms. The first-order chi connectivity index (χ1) is 8.63. The Kier molecular flexibility index (Phi) is 3.94. The lowest BCUT2D eigenvalue weighted by Gasteiger charge is -2.01. The summed E-state index contributed by atoms with van der Waals surface area (Å²) in [5.74, 6) is -0.169. The van der Waals surface area contributed by atoms with E-state index in [1.54, 1.807) is 17.0 Å². The van der Waals surface area contributed by atoms with Crippen LogP contribution in [0.1, 0.15) is 5.56 Å². The van der Waals surface area contributed by atoms with Crippen molar-refractivity contribution in [3.8, 4) is 0 Å². The largest absolute Gasteiger partial charge is 0.322 e. The Bertz CT molecular complexity index is 589. The van der Waals surface area contributed by atoms with Crippen LogP contribution >= 0.6 is 15.9 Å². The monoisotopic (exact) mass is 305 g/mol. The van der Waals surface area contributed by atoms with E-state index < -0.39 is 0 Å². The van der Waals surface area contributed by atoms with E-state index in [-0.39, 0.29) is 5.91 Å². The highest BCUT2D eigenvalue weighted by Gasteiger charge is 1.98. The van der Waals surface area contributed by atoms with Crippen LogP contribution in [0, 0.1) is 0 Å². The smallest absolute Gasteiger partial charge is 0.248 e. The molecular weight excluding hydrogens is 294 g/mol. The van der Waals surface area contributed by atoms with Crippen molar-refractivity contribution in [2.24, 2.45) is 7.05 Å². The van der Waals surface area contributed by atoms with Gasteiger partial charge < -0.3 is 5.32 Å². The Hall–Kier alpha value is -1.88. The standard InChI is InChI=1S/C13H12BrN3O/c1-17-9-10(8-15-17)5-6-13(18)16-12-4-2-3-11(14)7-12/h2-9H,1H3,(H,16,18)/b6-5+. The summed E-state index contributed by atoms with van der Waals surface area (Å²) < 4.78 is 2.61. The summed E-state index contributed by atoms with van der Waals surface area (Å²) in [5.41, 5.74) is 1.65. The summed E-state index contributed by atoms with van der Waals surface area (Å²) in [6.45, 7) is 0.